The van der Waals surface area contributed by atoms with E-state index in [2.05, 4.69) is 16.8 Å². The largest absolute Gasteiger partial charge is 0.422 e. The topological polar surface area (TPSA) is 45.7 Å². The van der Waals surface area contributed by atoms with Crippen molar-refractivity contribution in [3.63, 3.8) is 0 Å². The second kappa shape index (κ2) is 6.92. The fraction of sp³-hybridized carbons (Fsp3) is 0.294. The van der Waals surface area contributed by atoms with Crippen LogP contribution in [0.5, 0.6) is 5.75 Å². The van der Waals surface area contributed by atoms with Crippen molar-refractivity contribution in [1.82, 2.24) is 9.88 Å². The highest BCUT2D eigenvalue weighted by Crippen LogP contribution is 2.32. The van der Waals surface area contributed by atoms with Crippen LogP contribution in [0.15, 0.2) is 30.3 Å². The van der Waals surface area contributed by atoms with E-state index in [4.69, 9.17) is 21.3 Å². The van der Waals surface area contributed by atoms with Crippen molar-refractivity contribution in [2.24, 2.45) is 0 Å². The van der Waals surface area contributed by atoms with Crippen LogP contribution in [0, 0.1) is 0 Å². The summed E-state index contributed by atoms with van der Waals surface area (Å²) in [5.41, 5.74) is 0.929. The molecule has 2 aromatic heterocycles. The summed E-state index contributed by atoms with van der Waals surface area (Å²) in [4.78, 5) is 22.0. The lowest BCUT2D eigenvalue weighted by molar-refractivity contribution is 0.0740. The molecule has 25 heavy (non-hydrogen) atoms. The molecule has 8 heteroatoms. The summed E-state index contributed by atoms with van der Waals surface area (Å²) in [5, 5.41) is 1.02. The Labute approximate surface area is 158 Å². The van der Waals surface area contributed by atoms with Gasteiger partial charge in [-0.2, -0.15) is 0 Å². The predicted octanol–water partition coefficient (Wildman–Crippen LogP) is 3.98. The fourth-order valence-corrected chi connectivity index (χ4v) is 4.64. The van der Waals surface area contributed by atoms with E-state index in [9.17, 15) is 4.79 Å². The Morgan fingerprint density at radius 2 is 1.96 bits per heavy atom. The number of fused-ring (bicyclic) bond motifs is 1. The number of carbonyl (C=O) groups is 1. The number of halogens is 1. The van der Waals surface area contributed by atoms with Crippen LogP contribution in [0.25, 0.3) is 10.2 Å². The number of thiazole rings is 1. The van der Waals surface area contributed by atoms with Gasteiger partial charge in [-0.15, -0.1) is 11.3 Å². The van der Waals surface area contributed by atoms with E-state index in [0.717, 1.165) is 41.5 Å². The van der Waals surface area contributed by atoms with Gasteiger partial charge in [0.1, 0.15) is 10.6 Å². The van der Waals surface area contributed by atoms with Crippen molar-refractivity contribution in [3.8, 4) is 5.75 Å². The smallest absolute Gasteiger partial charge is 0.353 e. The highest BCUT2D eigenvalue weighted by molar-refractivity contribution is 7.22. The number of anilines is 1. The Kier molecular flexibility index (Phi) is 4.64. The number of hydrogen-bond donors (Lipinski definition) is 0. The maximum Gasteiger partial charge on any atom is 0.353 e. The number of thiophene rings is 1. The molecule has 4 rings (SSSR count). The molecule has 3 heterocycles. The molecule has 0 N–H and O–H groups in total. The molecule has 0 saturated carbocycles. The lowest BCUT2D eigenvalue weighted by atomic mass is 10.3. The monoisotopic (exact) mass is 393 g/mol. The summed E-state index contributed by atoms with van der Waals surface area (Å²) in [6, 6.07) is 8.92. The molecule has 0 unspecified atom stereocenters. The van der Waals surface area contributed by atoms with Gasteiger partial charge in [-0.25, -0.2) is 9.78 Å². The van der Waals surface area contributed by atoms with Crippen molar-refractivity contribution in [1.29, 1.82) is 0 Å². The number of rotatable bonds is 3. The van der Waals surface area contributed by atoms with Crippen molar-refractivity contribution >= 4 is 55.6 Å². The second-order valence-corrected chi connectivity index (χ2v) is 8.63. The number of carbonyl (C=O) groups excluding carboxylic acids is 1. The first-order valence-corrected chi connectivity index (χ1v) is 9.91. The Hall–Kier alpha value is -1.67. The highest BCUT2D eigenvalue weighted by Gasteiger charge is 2.18. The Bertz CT molecular complexity index is 916. The summed E-state index contributed by atoms with van der Waals surface area (Å²) >= 11 is 8.71. The molecule has 0 amide bonds. The van der Waals surface area contributed by atoms with Crippen molar-refractivity contribution in [3.05, 3.63) is 39.5 Å². The van der Waals surface area contributed by atoms with Gasteiger partial charge in [-0.05, 0) is 31.3 Å². The molecule has 1 fully saturated rings. The number of nitrogens with zero attached hydrogens (tertiary/aromatic N) is 3. The van der Waals surface area contributed by atoms with Gasteiger partial charge in [0.05, 0.1) is 14.6 Å². The lowest BCUT2D eigenvalue weighted by Gasteiger charge is -2.31. The molecule has 0 atom stereocenters. The summed E-state index contributed by atoms with van der Waals surface area (Å²) < 4.78 is 7.05. The molecular formula is C17H16ClN3O2S2. The number of piperazine rings is 1. The van der Waals surface area contributed by atoms with E-state index in [-0.39, 0.29) is 5.97 Å². The van der Waals surface area contributed by atoms with Crippen LogP contribution in [0.4, 0.5) is 5.13 Å². The summed E-state index contributed by atoms with van der Waals surface area (Å²) in [7, 11) is 2.14. The zero-order valence-electron chi connectivity index (χ0n) is 13.6. The quantitative estimate of drug-likeness (QED) is 0.497. The first-order valence-electron chi connectivity index (χ1n) is 7.90. The minimum absolute atomic E-state index is 0.389. The third-order valence-corrected chi connectivity index (χ3v) is 6.40. The highest BCUT2D eigenvalue weighted by atomic mass is 35.5. The molecule has 0 aliphatic carbocycles. The summed E-state index contributed by atoms with van der Waals surface area (Å²) in [6.45, 7) is 4.05. The van der Waals surface area contributed by atoms with Crippen LogP contribution < -0.4 is 9.64 Å². The van der Waals surface area contributed by atoms with Crippen LogP contribution in [0.1, 0.15) is 9.67 Å². The van der Waals surface area contributed by atoms with Gasteiger partial charge in [-0.3, -0.25) is 0 Å². The molecule has 0 radical (unpaired) electrons. The number of benzene rings is 1. The maximum atomic E-state index is 12.2. The zero-order valence-corrected chi connectivity index (χ0v) is 16.0. The zero-order chi connectivity index (χ0) is 17.4. The molecule has 1 aliphatic rings. The number of hydrogen-bond acceptors (Lipinski definition) is 7. The summed E-state index contributed by atoms with van der Waals surface area (Å²) in [5.74, 6) is 0.135. The Morgan fingerprint density at radius 1 is 1.16 bits per heavy atom. The minimum Gasteiger partial charge on any atom is -0.422 e. The van der Waals surface area contributed by atoms with Gasteiger partial charge in [-0.1, -0.05) is 22.9 Å². The lowest BCUT2D eigenvalue weighted by Crippen LogP contribution is -2.44. The van der Waals surface area contributed by atoms with E-state index in [1.165, 1.54) is 11.3 Å². The molecule has 0 bridgehead atoms. The minimum atomic E-state index is -0.389. The van der Waals surface area contributed by atoms with E-state index in [1.54, 1.807) is 29.5 Å². The first-order chi connectivity index (χ1) is 12.1. The van der Waals surface area contributed by atoms with E-state index in [1.807, 2.05) is 12.1 Å². The number of aromatic nitrogens is 1. The molecule has 5 nitrogen and oxygen atoms in total. The van der Waals surface area contributed by atoms with Gasteiger partial charge in [0.2, 0.25) is 0 Å². The van der Waals surface area contributed by atoms with Crippen LogP contribution >= 0.6 is 34.3 Å². The molecule has 3 aromatic rings. The van der Waals surface area contributed by atoms with Crippen LogP contribution in [0.3, 0.4) is 0 Å². The van der Waals surface area contributed by atoms with Gasteiger partial charge >= 0.3 is 5.97 Å². The molecule has 1 aromatic carbocycles. The van der Waals surface area contributed by atoms with Crippen LogP contribution in [-0.4, -0.2) is 49.1 Å². The maximum absolute atomic E-state index is 12.2. The second-order valence-electron chi connectivity index (χ2n) is 5.91. The SMILES string of the molecule is CN1CCN(c2nc3ccc(OC(=O)c4ccc(Cl)s4)cc3s2)CC1. The summed E-state index contributed by atoms with van der Waals surface area (Å²) in [6.07, 6.45) is 0. The molecular weight excluding hydrogens is 378 g/mol. The third-order valence-electron chi connectivity index (χ3n) is 4.11. The average Bonchev–Trinajstić information content (AvgIpc) is 3.21. The first kappa shape index (κ1) is 16.8. The molecule has 0 spiro atoms. The average molecular weight is 394 g/mol. The standard InChI is InChI=1S/C17H16ClN3O2S2/c1-20-6-8-21(9-7-20)17-19-12-3-2-11(10-14(12)25-17)23-16(22)13-4-5-15(18)24-13/h2-5,10H,6-9H2,1H3. The van der Waals surface area contributed by atoms with Gasteiger partial charge in [0.25, 0.3) is 0 Å². The molecule has 1 saturated heterocycles. The van der Waals surface area contributed by atoms with Crippen LogP contribution in [0.2, 0.25) is 4.34 Å². The molecule has 130 valence electrons. The van der Waals surface area contributed by atoms with E-state index >= 15 is 0 Å². The third kappa shape index (κ3) is 3.64. The van der Waals surface area contributed by atoms with Gasteiger partial charge < -0.3 is 14.5 Å². The Balaban J connectivity index is 1.53. The van der Waals surface area contributed by atoms with E-state index < -0.39 is 0 Å². The predicted molar refractivity (Wildman–Crippen MR) is 104 cm³/mol. The van der Waals surface area contributed by atoms with Crippen molar-refractivity contribution in [2.45, 2.75) is 0 Å². The van der Waals surface area contributed by atoms with Crippen molar-refractivity contribution < 1.29 is 9.53 Å². The number of esters is 1. The fourth-order valence-electron chi connectivity index (χ4n) is 2.67. The molecule has 1 aliphatic heterocycles. The Morgan fingerprint density at radius 3 is 2.68 bits per heavy atom. The van der Waals surface area contributed by atoms with Gasteiger partial charge in [0.15, 0.2) is 5.13 Å². The number of ether oxygens (including phenoxy) is 1. The normalized spacial score (nSPS) is 15.7. The number of likely N-dealkylation sites (N-methyl/N-ethyl adjacent to an activating group) is 1. The van der Waals surface area contributed by atoms with Gasteiger partial charge in [0, 0.05) is 32.2 Å². The van der Waals surface area contributed by atoms with E-state index in [0.29, 0.717) is 15.0 Å². The van der Waals surface area contributed by atoms with Crippen molar-refractivity contribution in [2.75, 3.05) is 38.1 Å². The van der Waals surface area contributed by atoms with Crippen LogP contribution in [-0.2, 0) is 0 Å².